The third kappa shape index (κ3) is 15.6. The van der Waals surface area contributed by atoms with Gasteiger partial charge in [-0.15, -0.1) is 0 Å². The minimum atomic E-state index is 0.211. The van der Waals surface area contributed by atoms with Gasteiger partial charge in [-0.25, -0.2) is 0 Å². The fourth-order valence-electron chi connectivity index (χ4n) is 13.2. The topological polar surface area (TPSA) is 0 Å². The SMILES string of the molecule is C/C=C\C=C(/C)CC(c1ccc(-c2ccc(-c3ccc(C(Cc4ccccc4)c4ccccc4)cc3)cc2)cc1)c1ccc(-c2ccc(C(Cc3ccc(-c4ccc(-c5ccc(CC(/C(C)=C/C=C\C)c6ccccc6)cc5)cc4)cc3)c3ccccc3)cc2)cc1. The summed E-state index contributed by atoms with van der Waals surface area (Å²) in [4.78, 5) is 0. The molecule has 0 saturated heterocycles. The van der Waals surface area contributed by atoms with E-state index in [1.54, 1.807) is 0 Å². The number of hydrogen-bond acceptors (Lipinski definition) is 0. The summed E-state index contributed by atoms with van der Waals surface area (Å²) in [5.41, 5.74) is 28.3. The normalized spacial score (nSPS) is 13.3. The Morgan fingerprint density at radius 3 is 0.837 bits per heavy atom. The van der Waals surface area contributed by atoms with Crippen molar-refractivity contribution in [1.29, 1.82) is 0 Å². The van der Waals surface area contributed by atoms with Gasteiger partial charge in [-0.2, -0.15) is 0 Å². The molecule has 0 radical (unpaired) electrons. The Balaban J connectivity index is 0.701. The van der Waals surface area contributed by atoms with Crippen molar-refractivity contribution in [2.75, 3.05) is 0 Å². The van der Waals surface area contributed by atoms with Crippen LogP contribution in [0.15, 0.2) is 363 Å². The maximum atomic E-state index is 2.35. The molecule has 0 aliphatic rings. The Kier molecular flexibility index (Phi) is 20.4. The molecule has 4 unspecified atom stereocenters. The van der Waals surface area contributed by atoms with Crippen molar-refractivity contribution in [3.63, 3.8) is 0 Å². The zero-order valence-electron chi connectivity index (χ0n) is 53.6. The largest absolute Gasteiger partial charge is 0.0877 e. The number of benzene rings is 12. The summed E-state index contributed by atoms with van der Waals surface area (Å²) < 4.78 is 0. The lowest BCUT2D eigenvalue weighted by Crippen LogP contribution is -2.05. The monoisotopic (exact) mass is 1190 g/mol. The van der Waals surface area contributed by atoms with Gasteiger partial charge in [-0.1, -0.05) is 363 Å². The van der Waals surface area contributed by atoms with Crippen LogP contribution in [0, 0.1) is 0 Å². The van der Waals surface area contributed by atoms with Crippen LogP contribution >= 0.6 is 0 Å². The molecule has 12 rings (SSSR count). The van der Waals surface area contributed by atoms with E-state index in [1.165, 1.54) is 122 Å². The second kappa shape index (κ2) is 30.4. The summed E-state index contributed by atoms with van der Waals surface area (Å²) >= 11 is 0. The van der Waals surface area contributed by atoms with Crippen LogP contribution in [-0.4, -0.2) is 0 Å². The molecule has 4 atom stereocenters. The molecule has 0 bridgehead atoms. The maximum absolute atomic E-state index is 2.35. The van der Waals surface area contributed by atoms with Crippen LogP contribution in [-0.2, 0) is 19.3 Å². The van der Waals surface area contributed by atoms with Crippen LogP contribution in [0.25, 0.3) is 55.6 Å². The van der Waals surface area contributed by atoms with E-state index in [0.29, 0.717) is 5.92 Å². The molecule has 0 N–H and O–H groups in total. The van der Waals surface area contributed by atoms with Gasteiger partial charge in [0, 0.05) is 23.7 Å². The van der Waals surface area contributed by atoms with Crippen molar-refractivity contribution in [2.45, 2.75) is 77.0 Å². The Morgan fingerprint density at radius 1 is 0.250 bits per heavy atom. The Morgan fingerprint density at radius 2 is 0.500 bits per heavy atom. The lowest BCUT2D eigenvalue weighted by atomic mass is 9.84. The Labute approximate surface area is 548 Å². The third-order valence-electron chi connectivity index (χ3n) is 18.6. The van der Waals surface area contributed by atoms with Crippen LogP contribution in [0.5, 0.6) is 0 Å². The van der Waals surface area contributed by atoms with Crippen molar-refractivity contribution < 1.29 is 0 Å². The minimum Gasteiger partial charge on any atom is -0.0877 e. The zero-order chi connectivity index (χ0) is 62.9. The van der Waals surface area contributed by atoms with Crippen LogP contribution in [0.4, 0.5) is 0 Å². The van der Waals surface area contributed by atoms with Crippen LogP contribution in [0.2, 0.25) is 0 Å². The number of allylic oxidation sites excluding steroid dienone is 8. The zero-order valence-corrected chi connectivity index (χ0v) is 53.6. The molecule has 0 spiro atoms. The lowest BCUT2D eigenvalue weighted by Gasteiger charge is -2.20. The minimum absolute atomic E-state index is 0.211. The molecule has 450 valence electrons. The fourth-order valence-corrected chi connectivity index (χ4v) is 13.2. The first-order chi connectivity index (χ1) is 45.3. The molecule has 92 heavy (non-hydrogen) atoms. The molecule has 0 aromatic heterocycles. The molecule has 0 heterocycles. The van der Waals surface area contributed by atoms with Gasteiger partial charge < -0.3 is 0 Å². The summed E-state index contributed by atoms with van der Waals surface area (Å²) in [5.74, 6) is 1.05. The standard InChI is InChI=1S/C92H82/c1-5-7-21-67(3)63-90(85-55-47-78(48-56-85)76-43-45-77(46-44-76)79-51-59-87(60-52-79)91(83-27-17-11-18-28-83)65-69-23-13-9-14-24-69)86-57-49-80(50-58-86)81-53-61-88(62-54-81)92(84-29-19-12-20-30-84)66-71-33-37-73(38-34-71)75-41-39-74(40-42-75)72-35-31-70(32-36-72)64-89(68(4)22-8-6-2)82-25-15-10-16-26-82/h5-62,89-92H,63-66H2,1-4H3/b7-5-,8-6-,67-21+,68-22+. The molecule has 0 aliphatic heterocycles. The van der Waals surface area contributed by atoms with E-state index >= 15 is 0 Å². The first-order valence-electron chi connectivity index (χ1n) is 32.9. The van der Waals surface area contributed by atoms with E-state index in [0.717, 1.165) is 25.7 Å². The highest BCUT2D eigenvalue weighted by atomic mass is 14.2. The number of rotatable bonds is 23. The van der Waals surface area contributed by atoms with E-state index in [1.807, 2.05) is 0 Å². The van der Waals surface area contributed by atoms with Crippen LogP contribution in [0.1, 0.15) is 113 Å². The first-order valence-corrected chi connectivity index (χ1v) is 32.9. The highest BCUT2D eigenvalue weighted by Gasteiger charge is 2.20. The van der Waals surface area contributed by atoms with Gasteiger partial charge in [0.25, 0.3) is 0 Å². The van der Waals surface area contributed by atoms with Crippen molar-refractivity contribution in [3.05, 3.63) is 419 Å². The van der Waals surface area contributed by atoms with Gasteiger partial charge in [0.2, 0.25) is 0 Å². The lowest BCUT2D eigenvalue weighted by molar-refractivity contribution is 0.786. The number of hydrogen-bond donors (Lipinski definition) is 0. The third-order valence-corrected chi connectivity index (χ3v) is 18.6. The highest BCUT2D eigenvalue weighted by molar-refractivity contribution is 5.73. The molecule has 0 aliphatic carbocycles. The summed E-state index contributed by atoms with van der Waals surface area (Å²) in [6.45, 7) is 8.66. The molecule has 0 saturated carbocycles. The van der Waals surface area contributed by atoms with E-state index in [-0.39, 0.29) is 17.8 Å². The second-order valence-electron chi connectivity index (χ2n) is 24.8. The van der Waals surface area contributed by atoms with Gasteiger partial charge in [0.1, 0.15) is 0 Å². The summed E-state index contributed by atoms with van der Waals surface area (Å²) in [6.07, 6.45) is 16.8. The van der Waals surface area contributed by atoms with Gasteiger partial charge in [0.05, 0.1) is 0 Å². The summed E-state index contributed by atoms with van der Waals surface area (Å²) in [7, 11) is 0. The molecule has 0 heteroatoms. The molecule has 0 fully saturated rings. The Hall–Kier alpha value is -10.4. The maximum Gasteiger partial charge on any atom is 0.0130 e. The Bertz CT molecular complexity index is 4360. The van der Waals surface area contributed by atoms with Gasteiger partial charge in [0.15, 0.2) is 0 Å². The average molecular weight is 1190 g/mol. The molecular formula is C92H82. The van der Waals surface area contributed by atoms with Crippen LogP contribution in [0.3, 0.4) is 0 Å². The van der Waals surface area contributed by atoms with E-state index in [4.69, 9.17) is 0 Å². The molecular weight excluding hydrogens is 1110 g/mol. The highest BCUT2D eigenvalue weighted by Crippen LogP contribution is 2.38. The van der Waals surface area contributed by atoms with Crippen molar-refractivity contribution in [3.8, 4) is 55.6 Å². The predicted molar refractivity (Wildman–Crippen MR) is 393 cm³/mol. The molecule has 12 aromatic carbocycles. The fraction of sp³-hybridized carbons (Fsp3) is 0.130. The van der Waals surface area contributed by atoms with Crippen molar-refractivity contribution >= 4 is 0 Å². The second-order valence-corrected chi connectivity index (χ2v) is 24.8. The van der Waals surface area contributed by atoms with E-state index in [9.17, 15) is 0 Å². The van der Waals surface area contributed by atoms with Crippen molar-refractivity contribution in [1.82, 2.24) is 0 Å². The predicted octanol–water partition coefficient (Wildman–Crippen LogP) is 24.7. The van der Waals surface area contributed by atoms with Gasteiger partial charge >= 0.3 is 0 Å². The average Bonchev–Trinajstić information content (AvgIpc) is 1.98. The van der Waals surface area contributed by atoms with Gasteiger partial charge in [-0.3, -0.25) is 0 Å². The first kappa shape index (κ1) is 61.8. The van der Waals surface area contributed by atoms with Crippen molar-refractivity contribution in [2.24, 2.45) is 0 Å². The smallest absolute Gasteiger partial charge is 0.0130 e. The molecule has 0 amide bonds. The van der Waals surface area contributed by atoms with E-state index < -0.39 is 0 Å². The van der Waals surface area contributed by atoms with E-state index in [2.05, 4.69) is 380 Å². The van der Waals surface area contributed by atoms with Gasteiger partial charge in [-0.05, 0) is 165 Å². The summed E-state index contributed by atoms with van der Waals surface area (Å²) in [6, 6.07) is 117. The summed E-state index contributed by atoms with van der Waals surface area (Å²) in [5, 5.41) is 0. The molecule has 0 nitrogen and oxygen atoms in total. The van der Waals surface area contributed by atoms with Crippen LogP contribution < -0.4 is 0 Å². The quantitative estimate of drug-likeness (QED) is 0.0560. The molecule has 12 aromatic rings.